The molecular weight excluding hydrogens is 302 g/mol. The molecule has 1 saturated carbocycles. The fourth-order valence-electron chi connectivity index (χ4n) is 2.57. The van der Waals surface area contributed by atoms with E-state index in [1.54, 1.807) is 24.3 Å². The molecule has 2 N–H and O–H groups in total. The predicted octanol–water partition coefficient (Wildman–Crippen LogP) is 1.72. The number of para-hydroxylation sites is 1. The van der Waals surface area contributed by atoms with Crippen LogP contribution in [0.15, 0.2) is 24.3 Å². The zero-order valence-electron chi connectivity index (χ0n) is 12.4. The molecule has 1 aromatic carbocycles. The van der Waals surface area contributed by atoms with Gasteiger partial charge in [0.25, 0.3) is 5.91 Å². The highest BCUT2D eigenvalue weighted by atomic mass is 32.2. The standard InChI is InChI=1S/C15H21N3O3S/c19-15(16-12-8-9-12)13-6-2-3-7-14(13)17-22(20,21)18-10-4-1-5-11-18/h2-3,6-7,12,17H,1,4-5,8-11H2,(H,16,19). The van der Waals surface area contributed by atoms with Gasteiger partial charge in [0, 0.05) is 19.1 Å². The third kappa shape index (κ3) is 3.59. The number of amides is 1. The summed E-state index contributed by atoms with van der Waals surface area (Å²) in [6, 6.07) is 6.97. The van der Waals surface area contributed by atoms with Crippen LogP contribution < -0.4 is 10.0 Å². The first kappa shape index (κ1) is 15.3. The second-order valence-corrected chi connectivity index (χ2v) is 7.53. The number of carbonyl (C=O) groups is 1. The highest BCUT2D eigenvalue weighted by Crippen LogP contribution is 2.23. The highest BCUT2D eigenvalue weighted by molar-refractivity contribution is 7.90. The third-order valence-electron chi connectivity index (χ3n) is 3.98. The molecule has 1 heterocycles. The Kier molecular flexibility index (Phi) is 4.35. The van der Waals surface area contributed by atoms with Crippen LogP contribution in [0.5, 0.6) is 0 Å². The minimum atomic E-state index is -3.60. The minimum Gasteiger partial charge on any atom is -0.349 e. The molecule has 0 aromatic heterocycles. The molecule has 0 atom stereocenters. The second kappa shape index (κ2) is 6.26. The molecule has 2 fully saturated rings. The predicted molar refractivity (Wildman–Crippen MR) is 84.9 cm³/mol. The van der Waals surface area contributed by atoms with Gasteiger partial charge in [-0.2, -0.15) is 12.7 Å². The largest absolute Gasteiger partial charge is 0.349 e. The van der Waals surface area contributed by atoms with Gasteiger partial charge in [0.15, 0.2) is 0 Å². The Morgan fingerprint density at radius 1 is 1.09 bits per heavy atom. The molecule has 0 radical (unpaired) electrons. The lowest BCUT2D eigenvalue weighted by Gasteiger charge is -2.26. The molecule has 6 nitrogen and oxygen atoms in total. The number of hydrogen-bond acceptors (Lipinski definition) is 3. The molecular formula is C15H21N3O3S. The van der Waals surface area contributed by atoms with E-state index in [1.165, 1.54) is 4.31 Å². The molecule has 1 saturated heterocycles. The molecule has 0 bridgehead atoms. The van der Waals surface area contributed by atoms with Crippen molar-refractivity contribution in [3.05, 3.63) is 29.8 Å². The Labute approximate surface area is 131 Å². The van der Waals surface area contributed by atoms with Crippen molar-refractivity contribution in [2.24, 2.45) is 0 Å². The molecule has 1 aliphatic heterocycles. The van der Waals surface area contributed by atoms with E-state index in [0.29, 0.717) is 24.3 Å². The summed E-state index contributed by atoms with van der Waals surface area (Å²) in [6.07, 6.45) is 4.81. The van der Waals surface area contributed by atoms with Gasteiger partial charge in [-0.15, -0.1) is 0 Å². The van der Waals surface area contributed by atoms with E-state index >= 15 is 0 Å². The Bertz CT molecular complexity index is 650. The average molecular weight is 323 g/mol. The average Bonchev–Trinajstić information content (AvgIpc) is 3.32. The van der Waals surface area contributed by atoms with Gasteiger partial charge in [0.05, 0.1) is 11.3 Å². The number of anilines is 1. The first-order chi connectivity index (χ1) is 10.6. The van der Waals surface area contributed by atoms with Crippen molar-refractivity contribution < 1.29 is 13.2 Å². The van der Waals surface area contributed by atoms with Gasteiger partial charge in [0.2, 0.25) is 0 Å². The number of piperidine rings is 1. The van der Waals surface area contributed by atoms with E-state index in [2.05, 4.69) is 10.0 Å². The first-order valence-electron chi connectivity index (χ1n) is 7.74. The van der Waals surface area contributed by atoms with Crippen molar-refractivity contribution >= 4 is 21.8 Å². The molecule has 0 unspecified atom stereocenters. The van der Waals surface area contributed by atoms with Crippen LogP contribution in [0.25, 0.3) is 0 Å². The Hall–Kier alpha value is -1.60. The molecule has 1 aromatic rings. The van der Waals surface area contributed by atoms with Crippen LogP contribution in [0.2, 0.25) is 0 Å². The normalized spacial score (nSPS) is 19.6. The number of benzene rings is 1. The highest BCUT2D eigenvalue weighted by Gasteiger charge is 2.27. The second-order valence-electron chi connectivity index (χ2n) is 5.86. The van der Waals surface area contributed by atoms with Gasteiger partial charge in [-0.25, -0.2) is 0 Å². The summed E-state index contributed by atoms with van der Waals surface area (Å²) in [4.78, 5) is 12.2. The van der Waals surface area contributed by atoms with E-state index in [1.807, 2.05) is 0 Å². The lowest BCUT2D eigenvalue weighted by atomic mass is 10.1. The van der Waals surface area contributed by atoms with E-state index in [-0.39, 0.29) is 11.9 Å². The van der Waals surface area contributed by atoms with Gasteiger partial charge in [-0.05, 0) is 37.8 Å². The Balaban J connectivity index is 1.77. The van der Waals surface area contributed by atoms with E-state index in [4.69, 9.17) is 0 Å². The zero-order chi connectivity index (χ0) is 15.6. The quantitative estimate of drug-likeness (QED) is 0.866. The van der Waals surface area contributed by atoms with Gasteiger partial charge in [-0.1, -0.05) is 18.6 Å². The smallest absolute Gasteiger partial charge is 0.301 e. The lowest BCUT2D eigenvalue weighted by Crippen LogP contribution is -2.40. The minimum absolute atomic E-state index is 0.223. The van der Waals surface area contributed by atoms with Crippen LogP contribution in [0, 0.1) is 0 Å². The van der Waals surface area contributed by atoms with Gasteiger partial charge >= 0.3 is 10.2 Å². The number of nitrogens with one attached hydrogen (secondary N) is 2. The number of rotatable bonds is 5. The maximum absolute atomic E-state index is 12.4. The molecule has 120 valence electrons. The summed E-state index contributed by atoms with van der Waals surface area (Å²) in [5, 5.41) is 2.89. The van der Waals surface area contributed by atoms with Crippen LogP contribution in [0.1, 0.15) is 42.5 Å². The monoisotopic (exact) mass is 323 g/mol. The van der Waals surface area contributed by atoms with E-state index < -0.39 is 10.2 Å². The summed E-state index contributed by atoms with van der Waals surface area (Å²) in [5.41, 5.74) is 0.709. The summed E-state index contributed by atoms with van der Waals surface area (Å²) < 4.78 is 28.9. The van der Waals surface area contributed by atoms with Crippen LogP contribution in [-0.4, -0.2) is 37.8 Å². The molecule has 2 aliphatic rings. The van der Waals surface area contributed by atoms with Crippen molar-refractivity contribution in [2.45, 2.75) is 38.1 Å². The third-order valence-corrected chi connectivity index (χ3v) is 5.50. The van der Waals surface area contributed by atoms with Gasteiger partial charge in [0.1, 0.15) is 0 Å². The number of hydrogen-bond donors (Lipinski definition) is 2. The maximum atomic E-state index is 12.4. The molecule has 22 heavy (non-hydrogen) atoms. The summed E-state index contributed by atoms with van der Waals surface area (Å²) in [5.74, 6) is -0.223. The summed E-state index contributed by atoms with van der Waals surface area (Å²) in [7, 11) is -3.60. The maximum Gasteiger partial charge on any atom is 0.301 e. The fourth-order valence-corrected chi connectivity index (χ4v) is 3.89. The zero-order valence-corrected chi connectivity index (χ0v) is 13.2. The topological polar surface area (TPSA) is 78.5 Å². The lowest BCUT2D eigenvalue weighted by molar-refractivity contribution is 0.0952. The van der Waals surface area contributed by atoms with Crippen LogP contribution in [-0.2, 0) is 10.2 Å². The summed E-state index contributed by atoms with van der Waals surface area (Å²) in [6.45, 7) is 1.07. The molecule has 7 heteroatoms. The van der Waals surface area contributed by atoms with Crippen molar-refractivity contribution in [3.63, 3.8) is 0 Å². The van der Waals surface area contributed by atoms with Crippen molar-refractivity contribution in [3.8, 4) is 0 Å². The molecule has 1 amide bonds. The molecule has 1 aliphatic carbocycles. The van der Waals surface area contributed by atoms with E-state index in [0.717, 1.165) is 32.1 Å². The SMILES string of the molecule is O=C(NC1CC1)c1ccccc1NS(=O)(=O)N1CCCCC1. The number of nitrogens with zero attached hydrogens (tertiary/aromatic N) is 1. The molecule has 0 spiro atoms. The van der Waals surface area contributed by atoms with E-state index in [9.17, 15) is 13.2 Å². The van der Waals surface area contributed by atoms with Crippen LogP contribution in [0.4, 0.5) is 5.69 Å². The van der Waals surface area contributed by atoms with Crippen LogP contribution in [0.3, 0.4) is 0 Å². The van der Waals surface area contributed by atoms with Crippen molar-refractivity contribution in [2.75, 3.05) is 17.8 Å². The Morgan fingerprint density at radius 3 is 2.45 bits per heavy atom. The van der Waals surface area contributed by atoms with Crippen molar-refractivity contribution in [1.82, 2.24) is 9.62 Å². The Morgan fingerprint density at radius 2 is 1.77 bits per heavy atom. The van der Waals surface area contributed by atoms with Gasteiger partial charge in [-0.3, -0.25) is 9.52 Å². The van der Waals surface area contributed by atoms with Gasteiger partial charge < -0.3 is 5.32 Å². The fraction of sp³-hybridized carbons (Fsp3) is 0.533. The van der Waals surface area contributed by atoms with Crippen molar-refractivity contribution in [1.29, 1.82) is 0 Å². The van der Waals surface area contributed by atoms with Crippen LogP contribution >= 0.6 is 0 Å². The molecule has 3 rings (SSSR count). The number of carbonyl (C=O) groups excluding carboxylic acids is 1. The summed E-state index contributed by atoms with van der Waals surface area (Å²) >= 11 is 0. The first-order valence-corrected chi connectivity index (χ1v) is 9.18.